The standard InChI is InChI=1S/C24H40O4/c1-14(4-7-21(27)28)17-5-6-18-22-19(9-11-24(17,18)3)23(2)10-8-16(25)12-15(23)13-20(22)26/h14-20,22,25-26H,4-13H2,1-3H3,(H,27,28)/t14?,15-,16?,17+,18-,19?,20?,22?,23?,24?/m0/s1/i20D,22D. The summed E-state index contributed by atoms with van der Waals surface area (Å²) in [5.74, 6) is -1.30. The maximum Gasteiger partial charge on any atom is 0.303 e. The first kappa shape index (κ1) is 18.2. The Balaban J connectivity index is 1.67. The molecule has 4 aliphatic carbocycles. The zero-order chi connectivity index (χ0) is 22.1. The number of aliphatic hydroxyl groups is 2. The van der Waals surface area contributed by atoms with Crippen molar-refractivity contribution >= 4 is 5.97 Å². The molecule has 0 saturated heterocycles. The van der Waals surface area contributed by atoms with Crippen molar-refractivity contribution in [3.05, 3.63) is 0 Å². The molecule has 0 bridgehead atoms. The molecule has 0 heterocycles. The molecule has 4 fully saturated rings. The molecule has 160 valence electrons. The van der Waals surface area contributed by atoms with Gasteiger partial charge in [-0.05, 0) is 104 Å². The van der Waals surface area contributed by atoms with Crippen LogP contribution in [-0.4, -0.2) is 33.5 Å². The highest BCUT2D eigenvalue weighted by atomic mass is 16.4. The quantitative estimate of drug-likeness (QED) is 0.657. The summed E-state index contributed by atoms with van der Waals surface area (Å²) >= 11 is 0. The van der Waals surface area contributed by atoms with Gasteiger partial charge in [0.05, 0.1) is 13.6 Å². The lowest BCUT2D eigenvalue weighted by atomic mass is 9.43. The summed E-state index contributed by atoms with van der Waals surface area (Å²) in [6.45, 7) is 6.67. The molecule has 28 heavy (non-hydrogen) atoms. The Hall–Kier alpha value is -0.610. The van der Waals surface area contributed by atoms with Crippen molar-refractivity contribution in [2.45, 2.75) is 97.2 Å². The minimum absolute atomic E-state index is 0.0232. The van der Waals surface area contributed by atoms with Gasteiger partial charge in [0.1, 0.15) is 0 Å². The lowest BCUT2D eigenvalue weighted by Crippen LogP contribution is -2.58. The van der Waals surface area contributed by atoms with Crippen molar-refractivity contribution in [1.29, 1.82) is 0 Å². The topological polar surface area (TPSA) is 77.8 Å². The Morgan fingerprint density at radius 2 is 1.75 bits per heavy atom. The fourth-order valence-electron chi connectivity index (χ4n) is 8.09. The van der Waals surface area contributed by atoms with E-state index in [1.807, 2.05) is 0 Å². The first-order valence-corrected chi connectivity index (χ1v) is 11.5. The van der Waals surface area contributed by atoms with Crippen LogP contribution in [0.2, 0.25) is 0 Å². The third-order valence-electron chi connectivity index (χ3n) is 9.71. The van der Waals surface area contributed by atoms with Gasteiger partial charge in [0.2, 0.25) is 0 Å². The Morgan fingerprint density at radius 1 is 1.07 bits per heavy atom. The number of carbonyl (C=O) groups is 1. The SMILES string of the molecule is [2H]C1(O)C[C@@H]2CC(O)CCC2(C)C2CCC3(C)[C@@H](C(C)CCC(=O)O)CC[C@H]3C21[2H]. The molecule has 3 N–H and O–H groups in total. The lowest BCUT2D eigenvalue weighted by molar-refractivity contribution is -0.174. The highest BCUT2D eigenvalue weighted by Crippen LogP contribution is 2.68. The molecule has 4 aliphatic rings. The van der Waals surface area contributed by atoms with E-state index in [1.165, 1.54) is 0 Å². The summed E-state index contributed by atoms with van der Waals surface area (Å²) in [4.78, 5) is 11.1. The molecule has 0 aliphatic heterocycles. The predicted octanol–water partition coefficient (Wildman–Crippen LogP) is 4.48. The molecule has 4 saturated carbocycles. The van der Waals surface area contributed by atoms with Gasteiger partial charge in [-0.25, -0.2) is 0 Å². The normalized spacial score (nSPS) is 58.0. The number of rotatable bonds is 4. The molecule has 4 nitrogen and oxygen atoms in total. The average Bonchev–Trinajstić information content (AvgIpc) is 3.00. The number of hydrogen-bond donors (Lipinski definition) is 3. The molecular weight excluding hydrogens is 352 g/mol. The van der Waals surface area contributed by atoms with Gasteiger partial charge < -0.3 is 15.3 Å². The van der Waals surface area contributed by atoms with Gasteiger partial charge in [0.25, 0.3) is 0 Å². The number of hydrogen-bond acceptors (Lipinski definition) is 3. The molecule has 10 atom stereocenters. The summed E-state index contributed by atoms with van der Waals surface area (Å²) in [6.07, 6.45) is 4.89. The van der Waals surface area contributed by atoms with Gasteiger partial charge in [-0.15, -0.1) is 0 Å². The van der Waals surface area contributed by atoms with Gasteiger partial charge >= 0.3 is 5.97 Å². The molecule has 0 aromatic rings. The molecular formula is C24H40O4. The van der Waals surface area contributed by atoms with Crippen LogP contribution in [0.1, 0.15) is 87.7 Å². The molecule has 4 heteroatoms. The second kappa shape index (κ2) is 7.27. The van der Waals surface area contributed by atoms with Crippen molar-refractivity contribution in [3.8, 4) is 0 Å². The first-order valence-electron chi connectivity index (χ1n) is 12.5. The molecule has 0 radical (unpaired) electrons. The molecule has 0 spiro atoms. The minimum atomic E-state index is -1.80. The van der Waals surface area contributed by atoms with E-state index in [2.05, 4.69) is 20.8 Å². The Kier molecular flexibility index (Phi) is 4.72. The highest BCUT2D eigenvalue weighted by molar-refractivity contribution is 5.66. The predicted molar refractivity (Wildman–Crippen MR) is 109 cm³/mol. The second-order valence-electron chi connectivity index (χ2n) is 11.0. The van der Waals surface area contributed by atoms with Crippen LogP contribution in [0.4, 0.5) is 0 Å². The van der Waals surface area contributed by atoms with Crippen molar-refractivity contribution in [2.75, 3.05) is 0 Å². The van der Waals surface area contributed by atoms with Gasteiger partial charge in [-0.2, -0.15) is 0 Å². The largest absolute Gasteiger partial charge is 0.481 e. The van der Waals surface area contributed by atoms with E-state index < -0.39 is 17.9 Å². The molecule has 0 aromatic carbocycles. The number of aliphatic hydroxyl groups excluding tert-OH is 1. The summed E-state index contributed by atoms with van der Waals surface area (Å²) in [5.41, 5.74) is -0.217. The van der Waals surface area contributed by atoms with Crippen molar-refractivity contribution in [1.82, 2.24) is 0 Å². The van der Waals surface area contributed by atoms with E-state index in [0.717, 1.165) is 38.5 Å². The second-order valence-corrected chi connectivity index (χ2v) is 11.0. The number of carboxylic acids is 1. The summed E-state index contributed by atoms with van der Waals surface area (Å²) in [7, 11) is 0. The molecule has 7 unspecified atom stereocenters. The first-order chi connectivity index (χ1) is 13.9. The number of fused-ring (bicyclic) bond motifs is 5. The molecule has 4 rings (SSSR count). The van der Waals surface area contributed by atoms with Crippen LogP contribution in [-0.2, 0) is 4.79 Å². The maximum absolute atomic E-state index is 11.5. The van der Waals surface area contributed by atoms with E-state index in [-0.39, 0.29) is 53.4 Å². The summed E-state index contributed by atoms with van der Waals surface area (Å²) in [5, 5.41) is 30.8. The highest BCUT2D eigenvalue weighted by Gasteiger charge is 2.62. The summed E-state index contributed by atoms with van der Waals surface area (Å²) in [6, 6.07) is 0. The van der Waals surface area contributed by atoms with E-state index >= 15 is 0 Å². The van der Waals surface area contributed by atoms with E-state index in [0.29, 0.717) is 18.8 Å². The third kappa shape index (κ3) is 3.14. The van der Waals surface area contributed by atoms with Gasteiger partial charge in [-0.3, -0.25) is 4.79 Å². The van der Waals surface area contributed by atoms with E-state index in [4.69, 9.17) is 6.48 Å². The van der Waals surface area contributed by atoms with Crippen molar-refractivity contribution in [2.24, 2.45) is 46.3 Å². The van der Waals surface area contributed by atoms with Crippen molar-refractivity contribution < 1.29 is 22.9 Å². The third-order valence-corrected chi connectivity index (χ3v) is 9.71. The van der Waals surface area contributed by atoms with Crippen LogP contribution >= 0.6 is 0 Å². The molecule has 0 amide bonds. The van der Waals surface area contributed by atoms with Crippen LogP contribution in [0.25, 0.3) is 0 Å². The van der Waals surface area contributed by atoms with Crippen molar-refractivity contribution in [3.63, 3.8) is 0 Å². The van der Waals surface area contributed by atoms with Crippen LogP contribution in [0.5, 0.6) is 0 Å². The fraction of sp³-hybridized carbons (Fsp3) is 0.958. The molecule has 0 aromatic heterocycles. The fourth-order valence-corrected chi connectivity index (χ4v) is 8.09. The zero-order valence-corrected chi connectivity index (χ0v) is 17.8. The number of aliphatic carboxylic acids is 1. The minimum Gasteiger partial charge on any atom is -0.481 e. The monoisotopic (exact) mass is 394 g/mol. The van der Waals surface area contributed by atoms with Gasteiger partial charge in [0.15, 0.2) is 0 Å². The van der Waals surface area contributed by atoms with E-state index in [1.54, 1.807) is 0 Å². The van der Waals surface area contributed by atoms with E-state index in [9.17, 15) is 16.4 Å². The van der Waals surface area contributed by atoms with Crippen LogP contribution in [0.3, 0.4) is 0 Å². The Labute approximate surface area is 172 Å². The Bertz CT molecular complexity index is 699. The van der Waals surface area contributed by atoms with Crippen LogP contribution in [0, 0.1) is 46.3 Å². The lowest BCUT2D eigenvalue weighted by Gasteiger charge is -2.62. The van der Waals surface area contributed by atoms with Gasteiger partial charge in [-0.1, -0.05) is 20.8 Å². The zero-order valence-electron chi connectivity index (χ0n) is 19.8. The van der Waals surface area contributed by atoms with Gasteiger partial charge in [0, 0.05) is 7.79 Å². The smallest absolute Gasteiger partial charge is 0.303 e. The summed E-state index contributed by atoms with van der Waals surface area (Å²) < 4.78 is 18.7. The Morgan fingerprint density at radius 3 is 2.46 bits per heavy atom. The average molecular weight is 395 g/mol. The maximum atomic E-state index is 11.5. The number of carboxylic acid groups (broad SMARTS) is 1. The van der Waals surface area contributed by atoms with Crippen LogP contribution in [0.15, 0.2) is 0 Å². The van der Waals surface area contributed by atoms with Crippen LogP contribution < -0.4 is 0 Å².